The van der Waals surface area contributed by atoms with E-state index in [-0.39, 0.29) is 17.7 Å². The summed E-state index contributed by atoms with van der Waals surface area (Å²) in [4.78, 5) is 28.3. The van der Waals surface area contributed by atoms with Crippen molar-refractivity contribution in [3.63, 3.8) is 0 Å². The molecule has 0 radical (unpaired) electrons. The lowest BCUT2D eigenvalue weighted by Gasteiger charge is -2.31. The second-order valence-corrected chi connectivity index (χ2v) is 8.01. The molecule has 7 heteroatoms. The first-order valence-corrected chi connectivity index (χ1v) is 10.6. The predicted molar refractivity (Wildman–Crippen MR) is 117 cm³/mol. The molecule has 1 aliphatic carbocycles. The van der Waals surface area contributed by atoms with Gasteiger partial charge < -0.3 is 9.73 Å². The van der Waals surface area contributed by atoms with Crippen LogP contribution in [0.2, 0.25) is 5.02 Å². The number of carbonyl (C=O) groups excluding carboxylic acids is 2. The molecule has 1 aliphatic rings. The van der Waals surface area contributed by atoms with E-state index >= 15 is 0 Å². The molecule has 2 aromatic carbocycles. The maximum absolute atomic E-state index is 13.6. The van der Waals surface area contributed by atoms with Gasteiger partial charge in [-0.2, -0.15) is 0 Å². The first-order valence-electron chi connectivity index (χ1n) is 10.2. The lowest BCUT2D eigenvalue weighted by molar-refractivity contribution is -0.123. The van der Waals surface area contributed by atoms with E-state index in [9.17, 15) is 14.0 Å². The Labute approximate surface area is 184 Å². The van der Waals surface area contributed by atoms with E-state index in [2.05, 4.69) is 5.32 Å². The zero-order chi connectivity index (χ0) is 21.8. The quantitative estimate of drug-likeness (QED) is 0.549. The van der Waals surface area contributed by atoms with Crippen LogP contribution in [0.4, 0.5) is 10.1 Å². The van der Waals surface area contributed by atoms with E-state index in [1.807, 2.05) is 0 Å². The van der Waals surface area contributed by atoms with E-state index < -0.39 is 17.8 Å². The molecule has 1 aromatic heterocycles. The Morgan fingerprint density at radius 1 is 1.03 bits per heavy atom. The predicted octanol–water partition coefficient (Wildman–Crippen LogP) is 5.52. The Bertz CT molecular complexity index is 1030. The average molecular weight is 441 g/mol. The molecular formula is C24H22ClFN2O3. The summed E-state index contributed by atoms with van der Waals surface area (Å²) in [5, 5.41) is 3.60. The number of hydrogen-bond acceptors (Lipinski definition) is 3. The molecule has 31 heavy (non-hydrogen) atoms. The first kappa shape index (κ1) is 21.1. The molecule has 0 aliphatic heterocycles. The molecular weight excluding hydrogens is 419 g/mol. The Balaban J connectivity index is 1.79. The van der Waals surface area contributed by atoms with Gasteiger partial charge in [0.1, 0.15) is 11.9 Å². The van der Waals surface area contributed by atoms with Crippen LogP contribution >= 0.6 is 11.6 Å². The number of nitrogens with zero attached hydrogens (tertiary/aromatic N) is 1. The van der Waals surface area contributed by atoms with Crippen molar-refractivity contribution in [2.75, 3.05) is 4.90 Å². The van der Waals surface area contributed by atoms with Crippen molar-refractivity contribution in [2.24, 2.45) is 0 Å². The highest BCUT2D eigenvalue weighted by Crippen LogP contribution is 2.31. The van der Waals surface area contributed by atoms with Crippen molar-refractivity contribution in [1.82, 2.24) is 5.32 Å². The van der Waals surface area contributed by atoms with Crippen LogP contribution in [0.1, 0.15) is 47.8 Å². The van der Waals surface area contributed by atoms with Crippen LogP contribution in [0.3, 0.4) is 0 Å². The minimum Gasteiger partial charge on any atom is -0.459 e. The van der Waals surface area contributed by atoms with Crippen LogP contribution in [0, 0.1) is 5.82 Å². The number of benzene rings is 2. The summed E-state index contributed by atoms with van der Waals surface area (Å²) in [5.74, 6) is -1.17. The van der Waals surface area contributed by atoms with Gasteiger partial charge in [0.05, 0.1) is 6.26 Å². The third-order valence-corrected chi connectivity index (χ3v) is 5.70. The fourth-order valence-electron chi connectivity index (χ4n) is 3.92. The Morgan fingerprint density at radius 2 is 1.71 bits per heavy atom. The summed E-state index contributed by atoms with van der Waals surface area (Å²) in [7, 11) is 0. The minimum absolute atomic E-state index is 0.0658. The van der Waals surface area contributed by atoms with Gasteiger partial charge >= 0.3 is 0 Å². The first-order chi connectivity index (χ1) is 15.0. The van der Waals surface area contributed by atoms with Gasteiger partial charge in [0, 0.05) is 16.8 Å². The van der Waals surface area contributed by atoms with Gasteiger partial charge in [0.2, 0.25) is 5.91 Å². The second kappa shape index (κ2) is 9.35. The van der Waals surface area contributed by atoms with Crippen LogP contribution in [-0.4, -0.2) is 17.9 Å². The molecule has 2 amide bonds. The van der Waals surface area contributed by atoms with Gasteiger partial charge in [-0.25, -0.2) is 4.39 Å². The van der Waals surface area contributed by atoms with Crippen LogP contribution in [-0.2, 0) is 4.79 Å². The maximum atomic E-state index is 13.6. The summed E-state index contributed by atoms with van der Waals surface area (Å²) >= 11 is 6.05. The highest BCUT2D eigenvalue weighted by atomic mass is 35.5. The highest BCUT2D eigenvalue weighted by molar-refractivity contribution is 6.30. The number of furan rings is 1. The van der Waals surface area contributed by atoms with E-state index in [1.54, 1.807) is 30.3 Å². The number of carbonyl (C=O) groups is 2. The average Bonchev–Trinajstić information content (AvgIpc) is 3.47. The van der Waals surface area contributed by atoms with Crippen molar-refractivity contribution in [2.45, 2.75) is 37.8 Å². The lowest BCUT2D eigenvalue weighted by Crippen LogP contribution is -2.46. The largest absolute Gasteiger partial charge is 0.459 e. The molecule has 3 aromatic rings. The number of amides is 2. The van der Waals surface area contributed by atoms with Crippen molar-refractivity contribution >= 4 is 29.1 Å². The topological polar surface area (TPSA) is 62.6 Å². The molecule has 0 saturated heterocycles. The zero-order valence-corrected chi connectivity index (χ0v) is 17.5. The SMILES string of the molecule is O=C(NC1CCCC1)C(c1ccc(Cl)cc1)N(C(=O)c1ccco1)c1ccc(F)cc1. The summed E-state index contributed by atoms with van der Waals surface area (Å²) in [6.45, 7) is 0. The molecule has 1 unspecified atom stereocenters. The summed E-state index contributed by atoms with van der Waals surface area (Å²) in [5.41, 5.74) is 0.966. The Morgan fingerprint density at radius 3 is 2.32 bits per heavy atom. The lowest BCUT2D eigenvalue weighted by atomic mass is 10.0. The maximum Gasteiger partial charge on any atom is 0.294 e. The number of rotatable bonds is 6. The van der Waals surface area contributed by atoms with Crippen LogP contribution < -0.4 is 10.2 Å². The summed E-state index contributed by atoms with van der Waals surface area (Å²) < 4.78 is 18.9. The van der Waals surface area contributed by atoms with Crippen LogP contribution in [0.15, 0.2) is 71.3 Å². The van der Waals surface area contributed by atoms with Crippen molar-refractivity contribution in [3.05, 3.63) is 89.1 Å². The molecule has 0 spiro atoms. The number of anilines is 1. The number of halogens is 2. The molecule has 4 rings (SSSR count). The third kappa shape index (κ3) is 4.80. The molecule has 1 heterocycles. The van der Waals surface area contributed by atoms with Crippen LogP contribution in [0.5, 0.6) is 0 Å². The van der Waals surface area contributed by atoms with Gasteiger partial charge in [0.25, 0.3) is 5.91 Å². The smallest absolute Gasteiger partial charge is 0.294 e. The Hall–Kier alpha value is -3.12. The van der Waals surface area contributed by atoms with E-state index in [0.717, 1.165) is 25.7 Å². The minimum atomic E-state index is -0.985. The summed E-state index contributed by atoms with van der Waals surface area (Å²) in [6.07, 6.45) is 5.32. The van der Waals surface area contributed by atoms with Gasteiger partial charge in [-0.1, -0.05) is 36.6 Å². The second-order valence-electron chi connectivity index (χ2n) is 7.57. The summed E-state index contributed by atoms with van der Waals surface area (Å²) in [6, 6.07) is 14.5. The number of nitrogens with one attached hydrogen (secondary N) is 1. The molecule has 0 bridgehead atoms. The van der Waals surface area contributed by atoms with E-state index in [4.69, 9.17) is 16.0 Å². The van der Waals surface area contributed by atoms with Gasteiger partial charge in [-0.3, -0.25) is 14.5 Å². The third-order valence-electron chi connectivity index (χ3n) is 5.45. The van der Waals surface area contributed by atoms with Gasteiger partial charge in [-0.05, 0) is 66.9 Å². The number of hydrogen-bond donors (Lipinski definition) is 1. The molecule has 160 valence electrons. The molecule has 1 atom stereocenters. The zero-order valence-electron chi connectivity index (χ0n) is 16.8. The molecule has 1 saturated carbocycles. The normalized spacial score (nSPS) is 14.9. The standard InChI is InChI=1S/C24H22ClFN2O3/c25-17-9-7-16(8-10-17)22(23(29)27-19-4-1-2-5-19)28(20-13-11-18(26)12-14-20)24(30)21-6-3-15-31-21/h3,6-15,19,22H,1-2,4-5H2,(H,27,29). The van der Waals surface area contributed by atoms with Gasteiger partial charge in [0.15, 0.2) is 5.76 Å². The van der Waals surface area contributed by atoms with Crippen LogP contribution in [0.25, 0.3) is 0 Å². The highest BCUT2D eigenvalue weighted by Gasteiger charge is 2.35. The molecule has 1 fully saturated rings. The fraction of sp³-hybridized carbons (Fsp3) is 0.250. The Kier molecular flexibility index (Phi) is 6.37. The van der Waals surface area contributed by atoms with E-state index in [0.29, 0.717) is 16.3 Å². The van der Waals surface area contributed by atoms with E-state index in [1.165, 1.54) is 41.5 Å². The fourth-order valence-corrected chi connectivity index (χ4v) is 4.04. The molecule has 5 nitrogen and oxygen atoms in total. The van der Waals surface area contributed by atoms with Gasteiger partial charge in [-0.15, -0.1) is 0 Å². The molecule has 1 N–H and O–H groups in total. The van der Waals surface area contributed by atoms with Crippen molar-refractivity contribution in [1.29, 1.82) is 0 Å². The monoisotopic (exact) mass is 440 g/mol. The van der Waals surface area contributed by atoms with Crippen molar-refractivity contribution < 1.29 is 18.4 Å². The van der Waals surface area contributed by atoms with Crippen molar-refractivity contribution in [3.8, 4) is 0 Å².